The summed E-state index contributed by atoms with van der Waals surface area (Å²) in [4.78, 5) is 12.3. The molecule has 0 saturated heterocycles. The highest BCUT2D eigenvalue weighted by Crippen LogP contribution is 2.30. The summed E-state index contributed by atoms with van der Waals surface area (Å²) >= 11 is 5.95. The molecule has 3 N–H and O–H groups in total. The number of ether oxygens (including phenoxy) is 1. The summed E-state index contributed by atoms with van der Waals surface area (Å²) in [5.74, 6) is 0.612. The van der Waals surface area contributed by atoms with Gasteiger partial charge in [-0.05, 0) is 38.3 Å². The Morgan fingerprint density at radius 1 is 1.50 bits per heavy atom. The van der Waals surface area contributed by atoms with Crippen LogP contribution >= 0.6 is 11.6 Å². The number of anilines is 1. The Morgan fingerprint density at radius 3 is 3.00 bits per heavy atom. The van der Waals surface area contributed by atoms with Gasteiger partial charge in [0.05, 0.1) is 12.3 Å². The van der Waals surface area contributed by atoms with Gasteiger partial charge in [0, 0.05) is 23.0 Å². The number of nitrogens with two attached hydrogens (primary N) is 1. The molecule has 20 heavy (non-hydrogen) atoms. The maximum atomic E-state index is 12.3. The van der Waals surface area contributed by atoms with Crippen molar-refractivity contribution < 1.29 is 9.53 Å². The lowest BCUT2D eigenvalue weighted by atomic mass is 9.85. The SMILES string of the molecule is CCOc1cc(Cl)ccc1NC(=O)C1CCCC(N)C1. The van der Waals surface area contributed by atoms with E-state index in [4.69, 9.17) is 22.1 Å². The second-order valence-electron chi connectivity index (χ2n) is 5.19. The number of amides is 1. The molecular formula is C15H21ClN2O2. The fourth-order valence-electron chi connectivity index (χ4n) is 2.57. The molecule has 0 bridgehead atoms. The Hall–Kier alpha value is -1.26. The summed E-state index contributed by atoms with van der Waals surface area (Å²) in [6.45, 7) is 2.42. The van der Waals surface area contributed by atoms with Crippen molar-refractivity contribution in [3.63, 3.8) is 0 Å². The number of hydrogen-bond acceptors (Lipinski definition) is 3. The number of carbonyl (C=O) groups is 1. The minimum absolute atomic E-state index is 0.0103. The first-order valence-corrected chi connectivity index (χ1v) is 7.46. The third-order valence-corrected chi connectivity index (χ3v) is 3.82. The molecule has 1 saturated carbocycles. The van der Waals surface area contributed by atoms with Crippen molar-refractivity contribution >= 4 is 23.2 Å². The third kappa shape index (κ3) is 3.87. The van der Waals surface area contributed by atoms with Crippen LogP contribution in [0.1, 0.15) is 32.6 Å². The van der Waals surface area contributed by atoms with E-state index in [1.165, 1.54) is 0 Å². The second-order valence-corrected chi connectivity index (χ2v) is 5.62. The Balaban J connectivity index is 2.06. The maximum Gasteiger partial charge on any atom is 0.227 e. The number of hydrogen-bond donors (Lipinski definition) is 2. The van der Waals surface area contributed by atoms with E-state index in [1.54, 1.807) is 18.2 Å². The van der Waals surface area contributed by atoms with Crippen molar-refractivity contribution in [1.29, 1.82) is 0 Å². The van der Waals surface area contributed by atoms with Crippen LogP contribution in [0, 0.1) is 5.92 Å². The molecule has 4 nitrogen and oxygen atoms in total. The Bertz CT molecular complexity index is 479. The lowest BCUT2D eigenvalue weighted by molar-refractivity contribution is -0.120. The van der Waals surface area contributed by atoms with Gasteiger partial charge in [-0.1, -0.05) is 18.0 Å². The molecule has 1 fully saturated rings. The number of carbonyl (C=O) groups excluding carboxylic acids is 1. The van der Waals surface area contributed by atoms with Crippen LogP contribution in [-0.2, 0) is 4.79 Å². The number of rotatable bonds is 4. The van der Waals surface area contributed by atoms with Crippen LogP contribution in [0.2, 0.25) is 5.02 Å². The van der Waals surface area contributed by atoms with Crippen LogP contribution in [0.5, 0.6) is 5.75 Å². The van der Waals surface area contributed by atoms with Gasteiger partial charge in [-0.3, -0.25) is 4.79 Å². The molecule has 1 aliphatic rings. The normalized spacial score (nSPS) is 22.4. The average Bonchev–Trinajstić information content (AvgIpc) is 2.42. The van der Waals surface area contributed by atoms with Crippen LogP contribution < -0.4 is 15.8 Å². The molecule has 1 aromatic carbocycles. The standard InChI is InChI=1S/C15H21ClN2O2/c1-2-20-14-9-11(16)6-7-13(14)18-15(19)10-4-3-5-12(17)8-10/h6-7,9-10,12H,2-5,8,17H2,1H3,(H,18,19). The molecule has 2 unspecified atom stereocenters. The van der Waals surface area contributed by atoms with Crippen molar-refractivity contribution in [1.82, 2.24) is 0 Å². The van der Waals surface area contributed by atoms with Crippen molar-refractivity contribution in [3.05, 3.63) is 23.2 Å². The van der Waals surface area contributed by atoms with E-state index in [-0.39, 0.29) is 17.9 Å². The highest BCUT2D eigenvalue weighted by molar-refractivity contribution is 6.30. The van der Waals surface area contributed by atoms with Crippen LogP contribution in [-0.4, -0.2) is 18.6 Å². The van der Waals surface area contributed by atoms with Gasteiger partial charge in [0.15, 0.2) is 0 Å². The van der Waals surface area contributed by atoms with E-state index in [1.807, 2.05) is 6.92 Å². The van der Waals surface area contributed by atoms with Crippen LogP contribution in [0.4, 0.5) is 5.69 Å². The zero-order valence-electron chi connectivity index (χ0n) is 11.7. The Morgan fingerprint density at radius 2 is 2.30 bits per heavy atom. The zero-order valence-corrected chi connectivity index (χ0v) is 12.5. The number of halogens is 1. The fraction of sp³-hybridized carbons (Fsp3) is 0.533. The summed E-state index contributed by atoms with van der Waals surface area (Å²) in [5, 5.41) is 3.52. The molecule has 0 spiro atoms. The summed E-state index contributed by atoms with van der Waals surface area (Å²) in [7, 11) is 0. The molecular weight excluding hydrogens is 276 g/mol. The average molecular weight is 297 g/mol. The van der Waals surface area contributed by atoms with Crippen molar-refractivity contribution in [3.8, 4) is 5.75 Å². The quantitative estimate of drug-likeness (QED) is 0.897. The van der Waals surface area contributed by atoms with Gasteiger partial charge < -0.3 is 15.8 Å². The van der Waals surface area contributed by atoms with Crippen molar-refractivity contribution in [2.24, 2.45) is 11.7 Å². The Labute approximate surface area is 124 Å². The van der Waals surface area contributed by atoms with Gasteiger partial charge in [0.1, 0.15) is 5.75 Å². The predicted molar refractivity (Wildman–Crippen MR) is 81.2 cm³/mol. The Kier molecular flexibility index (Phi) is 5.26. The van der Waals surface area contributed by atoms with Gasteiger partial charge in [-0.15, -0.1) is 0 Å². The van der Waals surface area contributed by atoms with Crippen LogP contribution in [0.25, 0.3) is 0 Å². The third-order valence-electron chi connectivity index (χ3n) is 3.59. The molecule has 2 rings (SSSR count). The van der Waals surface area contributed by atoms with Crippen molar-refractivity contribution in [2.45, 2.75) is 38.6 Å². The summed E-state index contributed by atoms with van der Waals surface area (Å²) in [6.07, 6.45) is 3.67. The summed E-state index contributed by atoms with van der Waals surface area (Å²) in [6, 6.07) is 5.36. The van der Waals surface area contributed by atoms with E-state index in [0.29, 0.717) is 23.1 Å². The minimum atomic E-state index is -0.0103. The zero-order chi connectivity index (χ0) is 14.5. The molecule has 1 aliphatic carbocycles. The highest BCUT2D eigenvalue weighted by atomic mass is 35.5. The summed E-state index contributed by atoms with van der Waals surface area (Å²) in [5.41, 5.74) is 6.60. The second kappa shape index (κ2) is 6.95. The molecule has 1 aromatic rings. The largest absolute Gasteiger partial charge is 0.492 e. The van der Waals surface area contributed by atoms with Crippen molar-refractivity contribution in [2.75, 3.05) is 11.9 Å². The summed E-state index contributed by atoms with van der Waals surface area (Å²) < 4.78 is 5.50. The number of benzene rings is 1. The molecule has 0 aromatic heterocycles. The molecule has 1 amide bonds. The molecule has 0 heterocycles. The lowest BCUT2D eigenvalue weighted by Gasteiger charge is -2.26. The van der Waals surface area contributed by atoms with E-state index < -0.39 is 0 Å². The van der Waals surface area contributed by atoms with E-state index in [9.17, 15) is 4.79 Å². The van der Waals surface area contributed by atoms with Crippen LogP contribution in [0.3, 0.4) is 0 Å². The first-order valence-electron chi connectivity index (χ1n) is 7.09. The van der Waals surface area contributed by atoms with Gasteiger partial charge in [-0.25, -0.2) is 0 Å². The molecule has 0 radical (unpaired) electrons. The minimum Gasteiger partial charge on any atom is -0.492 e. The highest BCUT2D eigenvalue weighted by Gasteiger charge is 2.25. The van der Waals surface area contributed by atoms with Gasteiger partial charge in [0.2, 0.25) is 5.91 Å². The maximum absolute atomic E-state index is 12.3. The first-order chi connectivity index (χ1) is 9.60. The van der Waals surface area contributed by atoms with Gasteiger partial charge >= 0.3 is 0 Å². The monoisotopic (exact) mass is 296 g/mol. The lowest BCUT2D eigenvalue weighted by Crippen LogP contribution is -2.34. The topological polar surface area (TPSA) is 64.3 Å². The predicted octanol–water partition coefficient (Wildman–Crippen LogP) is 3.19. The van der Waals surface area contributed by atoms with Gasteiger partial charge in [0.25, 0.3) is 0 Å². The molecule has 110 valence electrons. The fourth-order valence-corrected chi connectivity index (χ4v) is 2.74. The van der Waals surface area contributed by atoms with Crippen LogP contribution in [0.15, 0.2) is 18.2 Å². The molecule has 2 atom stereocenters. The van der Waals surface area contributed by atoms with E-state index in [0.717, 1.165) is 25.7 Å². The smallest absolute Gasteiger partial charge is 0.227 e. The molecule has 0 aliphatic heterocycles. The molecule has 5 heteroatoms. The van der Waals surface area contributed by atoms with Gasteiger partial charge in [-0.2, -0.15) is 0 Å². The first kappa shape index (κ1) is 15.1. The van der Waals surface area contributed by atoms with E-state index >= 15 is 0 Å². The number of nitrogens with one attached hydrogen (secondary N) is 1. The van der Waals surface area contributed by atoms with E-state index in [2.05, 4.69) is 5.32 Å².